The summed E-state index contributed by atoms with van der Waals surface area (Å²) in [6.45, 7) is 6.22. The number of thiophene rings is 1. The summed E-state index contributed by atoms with van der Waals surface area (Å²) in [7, 11) is 2.30. The van der Waals surface area contributed by atoms with Crippen LogP contribution in [0.2, 0.25) is 0 Å². The summed E-state index contributed by atoms with van der Waals surface area (Å²) in [5.74, 6) is 0.677. The molecule has 0 N–H and O–H groups in total. The SMILES string of the molecule is CN1CC[C@@H](COCc2cccnc2)CC12CN(Cc1ccsc1)C2. The fourth-order valence-electron chi connectivity index (χ4n) is 4.29. The highest BCUT2D eigenvalue weighted by Gasteiger charge is 2.49. The lowest BCUT2D eigenvalue weighted by Gasteiger charge is -2.58. The molecular weight excluding hydrogens is 330 g/mol. The van der Waals surface area contributed by atoms with Crippen molar-refractivity contribution in [3.63, 3.8) is 0 Å². The van der Waals surface area contributed by atoms with Crippen LogP contribution in [0.5, 0.6) is 0 Å². The molecule has 0 amide bonds. The van der Waals surface area contributed by atoms with Gasteiger partial charge < -0.3 is 4.74 Å². The number of likely N-dealkylation sites (N-methyl/N-ethyl adjacent to an activating group) is 1. The predicted octanol–water partition coefficient (Wildman–Crippen LogP) is 3.26. The fraction of sp³-hybridized carbons (Fsp3) is 0.550. The Morgan fingerprint density at radius 2 is 2.24 bits per heavy atom. The summed E-state index contributed by atoms with van der Waals surface area (Å²) in [6.07, 6.45) is 6.21. The van der Waals surface area contributed by atoms with Crippen LogP contribution >= 0.6 is 11.3 Å². The van der Waals surface area contributed by atoms with Crippen molar-refractivity contribution in [3.05, 3.63) is 52.5 Å². The number of piperidine rings is 1. The molecule has 1 atom stereocenters. The molecule has 4 heterocycles. The van der Waals surface area contributed by atoms with E-state index in [1.165, 1.54) is 38.0 Å². The average Bonchev–Trinajstić information content (AvgIpc) is 3.10. The Labute approximate surface area is 154 Å². The van der Waals surface area contributed by atoms with Crippen LogP contribution in [-0.4, -0.2) is 53.6 Å². The Morgan fingerprint density at radius 1 is 1.32 bits per heavy atom. The first-order valence-corrected chi connectivity index (χ1v) is 10.1. The number of hydrogen-bond acceptors (Lipinski definition) is 5. The Bertz CT molecular complexity index is 655. The summed E-state index contributed by atoms with van der Waals surface area (Å²) in [5.41, 5.74) is 2.99. The number of aromatic nitrogens is 1. The lowest BCUT2D eigenvalue weighted by molar-refractivity contribution is -0.0935. The number of hydrogen-bond donors (Lipinski definition) is 0. The molecule has 2 aliphatic rings. The lowest BCUT2D eigenvalue weighted by atomic mass is 9.75. The molecule has 2 aliphatic heterocycles. The molecular formula is C20H27N3OS. The molecule has 0 aliphatic carbocycles. The van der Waals surface area contributed by atoms with E-state index in [1.54, 1.807) is 11.3 Å². The van der Waals surface area contributed by atoms with Crippen molar-refractivity contribution in [2.24, 2.45) is 5.92 Å². The normalized spacial score (nSPS) is 23.6. The van der Waals surface area contributed by atoms with Crippen LogP contribution in [0, 0.1) is 5.92 Å². The largest absolute Gasteiger partial charge is 0.376 e. The molecule has 0 bridgehead atoms. The van der Waals surface area contributed by atoms with E-state index >= 15 is 0 Å². The van der Waals surface area contributed by atoms with Crippen molar-refractivity contribution in [3.8, 4) is 0 Å². The van der Waals surface area contributed by atoms with Crippen LogP contribution < -0.4 is 0 Å². The van der Waals surface area contributed by atoms with Crippen molar-refractivity contribution < 1.29 is 4.74 Å². The van der Waals surface area contributed by atoms with Gasteiger partial charge in [-0.15, -0.1) is 0 Å². The van der Waals surface area contributed by atoms with Gasteiger partial charge in [0.1, 0.15) is 0 Å². The van der Waals surface area contributed by atoms with E-state index in [4.69, 9.17) is 4.74 Å². The zero-order valence-electron chi connectivity index (χ0n) is 14.9. The average molecular weight is 358 g/mol. The Balaban J connectivity index is 1.26. The molecule has 2 saturated heterocycles. The first-order valence-electron chi connectivity index (χ1n) is 9.15. The van der Waals surface area contributed by atoms with Gasteiger partial charge in [0.15, 0.2) is 0 Å². The third-order valence-corrected chi connectivity index (χ3v) is 6.45. The molecule has 1 spiro atoms. The van der Waals surface area contributed by atoms with Crippen molar-refractivity contribution in [1.29, 1.82) is 0 Å². The highest BCUT2D eigenvalue weighted by Crippen LogP contribution is 2.39. The molecule has 2 aromatic rings. The quantitative estimate of drug-likeness (QED) is 0.793. The van der Waals surface area contributed by atoms with Crippen molar-refractivity contribution in [1.82, 2.24) is 14.8 Å². The number of nitrogens with zero attached hydrogens (tertiary/aromatic N) is 3. The number of likely N-dealkylation sites (tertiary alicyclic amines) is 2. The molecule has 134 valence electrons. The molecule has 2 aromatic heterocycles. The van der Waals surface area contributed by atoms with Gasteiger partial charge in [-0.3, -0.25) is 14.8 Å². The van der Waals surface area contributed by atoms with Crippen LogP contribution in [0.3, 0.4) is 0 Å². The van der Waals surface area contributed by atoms with E-state index in [0.717, 1.165) is 18.7 Å². The zero-order valence-corrected chi connectivity index (χ0v) is 15.8. The van der Waals surface area contributed by atoms with Crippen LogP contribution in [-0.2, 0) is 17.9 Å². The third kappa shape index (κ3) is 3.95. The Morgan fingerprint density at radius 3 is 3.00 bits per heavy atom. The second-order valence-corrected chi connectivity index (χ2v) is 8.44. The van der Waals surface area contributed by atoms with E-state index in [2.05, 4.69) is 44.7 Å². The maximum absolute atomic E-state index is 6.00. The van der Waals surface area contributed by atoms with E-state index < -0.39 is 0 Å². The van der Waals surface area contributed by atoms with Gasteiger partial charge in [-0.1, -0.05) is 6.07 Å². The number of ether oxygens (including phenoxy) is 1. The highest BCUT2D eigenvalue weighted by molar-refractivity contribution is 7.07. The smallest absolute Gasteiger partial charge is 0.0731 e. The monoisotopic (exact) mass is 357 g/mol. The Hall–Kier alpha value is -1.27. The molecule has 2 fully saturated rings. The van der Waals surface area contributed by atoms with Crippen LogP contribution in [0.25, 0.3) is 0 Å². The fourth-order valence-corrected chi connectivity index (χ4v) is 4.95. The van der Waals surface area contributed by atoms with Crippen LogP contribution in [0.1, 0.15) is 24.0 Å². The molecule has 0 radical (unpaired) electrons. The van der Waals surface area contributed by atoms with Gasteiger partial charge in [0.2, 0.25) is 0 Å². The first-order chi connectivity index (χ1) is 12.2. The van der Waals surface area contributed by atoms with Crippen LogP contribution in [0.4, 0.5) is 0 Å². The summed E-state index contributed by atoms with van der Waals surface area (Å²) in [4.78, 5) is 9.33. The standard InChI is InChI=1S/C20H27N3OS/c1-22-7-4-17(12-24-13-18-3-2-6-21-10-18)9-20(22)15-23(16-20)11-19-5-8-25-14-19/h2-3,5-6,8,10,14,17H,4,7,9,11-13,15-16H2,1H3/t17-/m1/s1. The van der Waals surface area contributed by atoms with Gasteiger partial charge in [0.05, 0.1) is 6.61 Å². The summed E-state index contributed by atoms with van der Waals surface area (Å²) in [6, 6.07) is 6.30. The first kappa shape index (κ1) is 17.2. The van der Waals surface area contributed by atoms with Gasteiger partial charge in [0, 0.05) is 44.2 Å². The topological polar surface area (TPSA) is 28.6 Å². The van der Waals surface area contributed by atoms with Gasteiger partial charge in [-0.05, 0) is 66.4 Å². The van der Waals surface area contributed by atoms with Gasteiger partial charge in [0.25, 0.3) is 0 Å². The maximum atomic E-state index is 6.00. The van der Waals surface area contributed by atoms with E-state index in [0.29, 0.717) is 18.1 Å². The summed E-state index contributed by atoms with van der Waals surface area (Å²) in [5, 5.41) is 4.44. The molecule has 0 unspecified atom stereocenters. The number of pyridine rings is 1. The minimum Gasteiger partial charge on any atom is -0.376 e. The second-order valence-electron chi connectivity index (χ2n) is 7.66. The maximum Gasteiger partial charge on any atom is 0.0731 e. The molecule has 25 heavy (non-hydrogen) atoms. The molecule has 5 heteroatoms. The number of rotatable bonds is 6. The summed E-state index contributed by atoms with van der Waals surface area (Å²) >= 11 is 1.79. The molecule has 4 nitrogen and oxygen atoms in total. The highest BCUT2D eigenvalue weighted by atomic mass is 32.1. The van der Waals surface area contributed by atoms with E-state index in [1.807, 2.05) is 18.5 Å². The van der Waals surface area contributed by atoms with E-state index in [9.17, 15) is 0 Å². The Kier molecular flexibility index (Phi) is 5.17. The van der Waals surface area contributed by atoms with Crippen molar-refractivity contribution in [2.75, 3.05) is 33.3 Å². The third-order valence-electron chi connectivity index (χ3n) is 5.72. The molecule has 0 aromatic carbocycles. The van der Waals surface area contributed by atoms with Crippen LogP contribution in [0.15, 0.2) is 41.4 Å². The van der Waals surface area contributed by atoms with Gasteiger partial charge in [-0.25, -0.2) is 0 Å². The van der Waals surface area contributed by atoms with Gasteiger partial charge in [-0.2, -0.15) is 11.3 Å². The zero-order chi connectivity index (χ0) is 17.1. The second kappa shape index (κ2) is 7.54. The minimum absolute atomic E-state index is 0.372. The van der Waals surface area contributed by atoms with Crippen molar-refractivity contribution >= 4 is 11.3 Å². The summed E-state index contributed by atoms with van der Waals surface area (Å²) < 4.78 is 6.00. The molecule has 4 rings (SSSR count). The van der Waals surface area contributed by atoms with Gasteiger partial charge >= 0.3 is 0 Å². The predicted molar refractivity (Wildman–Crippen MR) is 102 cm³/mol. The van der Waals surface area contributed by atoms with Crippen molar-refractivity contribution in [2.45, 2.75) is 31.5 Å². The molecule has 0 saturated carbocycles. The van der Waals surface area contributed by atoms with E-state index in [-0.39, 0.29) is 0 Å². The minimum atomic E-state index is 0.372. The lowest BCUT2D eigenvalue weighted by Crippen LogP contribution is -2.71.